The van der Waals surface area contributed by atoms with Crippen molar-refractivity contribution in [2.45, 2.75) is 25.1 Å². The molecule has 0 atom stereocenters. The lowest BCUT2D eigenvalue weighted by atomic mass is 10.2. The standard InChI is InChI=1S/C19H18FN3O2S/c1-13(2)25-17(24)12-26-19-22-21-18(14-6-4-3-5-7-14)23(19)16-10-8-15(20)9-11-16/h3-11,13H,12H2,1-2H3. The number of ether oxygens (including phenoxy) is 1. The van der Waals surface area contributed by atoms with Crippen molar-refractivity contribution < 1.29 is 13.9 Å². The van der Waals surface area contributed by atoms with Crippen molar-refractivity contribution >= 4 is 17.7 Å². The number of aromatic nitrogens is 3. The predicted octanol–water partition coefficient (Wildman–Crippen LogP) is 4.12. The zero-order valence-corrected chi connectivity index (χ0v) is 15.2. The van der Waals surface area contributed by atoms with Crippen molar-refractivity contribution in [2.24, 2.45) is 0 Å². The minimum Gasteiger partial charge on any atom is -0.462 e. The Morgan fingerprint density at radius 1 is 1.12 bits per heavy atom. The maximum absolute atomic E-state index is 13.3. The van der Waals surface area contributed by atoms with Gasteiger partial charge in [-0.25, -0.2) is 4.39 Å². The fourth-order valence-electron chi connectivity index (χ4n) is 2.38. The molecule has 0 aliphatic carbocycles. The maximum atomic E-state index is 13.3. The third-order valence-corrected chi connectivity index (χ3v) is 4.34. The average Bonchev–Trinajstić information content (AvgIpc) is 3.05. The summed E-state index contributed by atoms with van der Waals surface area (Å²) in [5.74, 6) is 0.0985. The molecule has 0 radical (unpaired) electrons. The fraction of sp³-hybridized carbons (Fsp3) is 0.211. The van der Waals surface area contributed by atoms with Crippen molar-refractivity contribution in [3.63, 3.8) is 0 Å². The van der Waals surface area contributed by atoms with Gasteiger partial charge in [-0.05, 0) is 38.1 Å². The molecule has 5 nitrogen and oxygen atoms in total. The molecular formula is C19H18FN3O2S. The Hall–Kier alpha value is -2.67. The van der Waals surface area contributed by atoms with Gasteiger partial charge in [0.1, 0.15) is 5.82 Å². The number of hydrogen-bond acceptors (Lipinski definition) is 5. The molecule has 26 heavy (non-hydrogen) atoms. The summed E-state index contributed by atoms with van der Waals surface area (Å²) in [6.07, 6.45) is -0.169. The predicted molar refractivity (Wildman–Crippen MR) is 98.7 cm³/mol. The minimum atomic E-state index is -0.321. The van der Waals surface area contributed by atoms with Crippen LogP contribution in [0.15, 0.2) is 59.8 Å². The van der Waals surface area contributed by atoms with E-state index in [9.17, 15) is 9.18 Å². The summed E-state index contributed by atoms with van der Waals surface area (Å²) in [5.41, 5.74) is 1.59. The summed E-state index contributed by atoms with van der Waals surface area (Å²) >= 11 is 1.23. The van der Waals surface area contributed by atoms with Crippen LogP contribution in [0.1, 0.15) is 13.8 Å². The largest absolute Gasteiger partial charge is 0.462 e. The van der Waals surface area contributed by atoms with E-state index in [0.717, 1.165) is 11.3 Å². The molecule has 0 aliphatic rings. The second-order valence-electron chi connectivity index (χ2n) is 5.81. The summed E-state index contributed by atoms with van der Waals surface area (Å²) in [4.78, 5) is 11.8. The van der Waals surface area contributed by atoms with E-state index < -0.39 is 0 Å². The highest BCUT2D eigenvalue weighted by molar-refractivity contribution is 7.99. The van der Waals surface area contributed by atoms with Gasteiger partial charge in [0.15, 0.2) is 11.0 Å². The van der Waals surface area contributed by atoms with Crippen LogP contribution < -0.4 is 0 Å². The van der Waals surface area contributed by atoms with E-state index >= 15 is 0 Å². The molecule has 1 aromatic heterocycles. The Morgan fingerprint density at radius 3 is 2.46 bits per heavy atom. The van der Waals surface area contributed by atoms with Crippen LogP contribution in [0.2, 0.25) is 0 Å². The summed E-state index contributed by atoms with van der Waals surface area (Å²) in [7, 11) is 0. The van der Waals surface area contributed by atoms with E-state index in [4.69, 9.17) is 4.74 Å². The lowest BCUT2D eigenvalue weighted by Crippen LogP contribution is -2.13. The lowest BCUT2D eigenvalue weighted by molar-refractivity contribution is -0.144. The van der Waals surface area contributed by atoms with Gasteiger partial charge in [-0.15, -0.1) is 10.2 Å². The van der Waals surface area contributed by atoms with Gasteiger partial charge in [-0.2, -0.15) is 0 Å². The molecule has 3 rings (SSSR count). The monoisotopic (exact) mass is 371 g/mol. The Balaban J connectivity index is 1.95. The van der Waals surface area contributed by atoms with Crippen molar-refractivity contribution in [1.29, 1.82) is 0 Å². The molecule has 0 aliphatic heterocycles. The van der Waals surface area contributed by atoms with Crippen LogP contribution >= 0.6 is 11.8 Å². The van der Waals surface area contributed by atoms with E-state index in [-0.39, 0.29) is 23.6 Å². The molecule has 1 heterocycles. The van der Waals surface area contributed by atoms with Crippen LogP contribution in [0, 0.1) is 5.82 Å². The number of benzene rings is 2. The zero-order chi connectivity index (χ0) is 18.5. The quantitative estimate of drug-likeness (QED) is 0.482. The molecule has 0 spiro atoms. The van der Waals surface area contributed by atoms with Crippen LogP contribution in [0.25, 0.3) is 17.1 Å². The van der Waals surface area contributed by atoms with E-state index in [0.29, 0.717) is 11.0 Å². The normalized spacial score (nSPS) is 10.9. The first-order valence-corrected chi connectivity index (χ1v) is 9.12. The number of nitrogens with zero attached hydrogens (tertiary/aromatic N) is 3. The lowest BCUT2D eigenvalue weighted by Gasteiger charge is -2.11. The van der Waals surface area contributed by atoms with E-state index in [1.807, 2.05) is 34.9 Å². The van der Waals surface area contributed by atoms with Gasteiger partial charge in [-0.1, -0.05) is 42.1 Å². The Morgan fingerprint density at radius 2 is 1.81 bits per heavy atom. The van der Waals surface area contributed by atoms with Gasteiger partial charge in [0.2, 0.25) is 0 Å². The molecule has 2 aromatic carbocycles. The summed E-state index contributed by atoms with van der Waals surface area (Å²) in [5, 5.41) is 9.03. The Labute approximate surface area is 155 Å². The first kappa shape index (κ1) is 18.1. The molecule has 3 aromatic rings. The molecule has 0 unspecified atom stereocenters. The summed E-state index contributed by atoms with van der Waals surface area (Å²) in [6, 6.07) is 15.6. The number of hydrogen-bond donors (Lipinski definition) is 0. The summed E-state index contributed by atoms with van der Waals surface area (Å²) < 4.78 is 20.3. The maximum Gasteiger partial charge on any atom is 0.316 e. The summed E-state index contributed by atoms with van der Waals surface area (Å²) in [6.45, 7) is 3.61. The fourth-order valence-corrected chi connectivity index (χ4v) is 3.12. The number of rotatable bonds is 6. The average molecular weight is 371 g/mol. The highest BCUT2D eigenvalue weighted by Crippen LogP contribution is 2.28. The molecule has 7 heteroatoms. The second kappa shape index (κ2) is 8.14. The molecule has 0 amide bonds. The zero-order valence-electron chi connectivity index (χ0n) is 14.4. The molecular weight excluding hydrogens is 353 g/mol. The highest BCUT2D eigenvalue weighted by atomic mass is 32.2. The topological polar surface area (TPSA) is 57.0 Å². The first-order chi connectivity index (χ1) is 12.5. The van der Waals surface area contributed by atoms with E-state index in [1.165, 1.54) is 23.9 Å². The number of thioether (sulfide) groups is 1. The van der Waals surface area contributed by atoms with Crippen molar-refractivity contribution in [3.8, 4) is 17.1 Å². The minimum absolute atomic E-state index is 0.117. The molecule has 0 saturated carbocycles. The van der Waals surface area contributed by atoms with Crippen molar-refractivity contribution in [1.82, 2.24) is 14.8 Å². The molecule has 0 N–H and O–H groups in total. The Kier molecular flexibility index (Phi) is 5.68. The van der Waals surface area contributed by atoms with Gasteiger partial charge in [0.25, 0.3) is 0 Å². The van der Waals surface area contributed by atoms with Gasteiger partial charge >= 0.3 is 5.97 Å². The highest BCUT2D eigenvalue weighted by Gasteiger charge is 2.18. The van der Waals surface area contributed by atoms with Crippen LogP contribution in [0.3, 0.4) is 0 Å². The van der Waals surface area contributed by atoms with Gasteiger partial charge < -0.3 is 4.74 Å². The number of esters is 1. The van der Waals surface area contributed by atoms with Crippen LogP contribution in [0.5, 0.6) is 0 Å². The molecule has 134 valence electrons. The van der Waals surface area contributed by atoms with Crippen LogP contribution in [-0.2, 0) is 9.53 Å². The van der Waals surface area contributed by atoms with Crippen molar-refractivity contribution in [2.75, 3.05) is 5.75 Å². The second-order valence-corrected chi connectivity index (χ2v) is 6.75. The van der Waals surface area contributed by atoms with E-state index in [2.05, 4.69) is 10.2 Å². The van der Waals surface area contributed by atoms with Crippen LogP contribution in [-0.4, -0.2) is 32.6 Å². The van der Waals surface area contributed by atoms with Gasteiger partial charge in [-0.3, -0.25) is 9.36 Å². The number of carbonyl (C=O) groups excluding carboxylic acids is 1. The molecule has 0 bridgehead atoms. The third-order valence-electron chi connectivity index (χ3n) is 3.44. The van der Waals surface area contributed by atoms with Gasteiger partial charge in [0.05, 0.1) is 11.9 Å². The third kappa shape index (κ3) is 4.29. The smallest absolute Gasteiger partial charge is 0.316 e. The molecule has 0 saturated heterocycles. The SMILES string of the molecule is CC(C)OC(=O)CSc1nnc(-c2ccccc2)n1-c1ccc(F)cc1. The molecule has 0 fully saturated rings. The first-order valence-electron chi connectivity index (χ1n) is 8.13. The van der Waals surface area contributed by atoms with Crippen LogP contribution in [0.4, 0.5) is 4.39 Å². The van der Waals surface area contributed by atoms with E-state index in [1.54, 1.807) is 26.0 Å². The Bertz CT molecular complexity index is 880. The van der Waals surface area contributed by atoms with Gasteiger partial charge in [0, 0.05) is 11.3 Å². The number of halogens is 1. The number of carbonyl (C=O) groups is 1. The van der Waals surface area contributed by atoms with Crippen molar-refractivity contribution in [3.05, 3.63) is 60.4 Å².